The lowest BCUT2D eigenvalue weighted by atomic mass is 10.0. The van der Waals surface area contributed by atoms with Crippen LogP contribution in [-0.2, 0) is 11.2 Å². The summed E-state index contributed by atoms with van der Waals surface area (Å²) < 4.78 is 31.9. The molecule has 25 heavy (non-hydrogen) atoms. The Balaban J connectivity index is 2.04. The first kappa shape index (κ1) is 18.9. The molecular formula is C19H21F2NO3. The van der Waals surface area contributed by atoms with E-state index in [0.29, 0.717) is 5.75 Å². The van der Waals surface area contributed by atoms with Crippen molar-refractivity contribution in [3.63, 3.8) is 0 Å². The van der Waals surface area contributed by atoms with Gasteiger partial charge in [0.25, 0.3) is 0 Å². The monoisotopic (exact) mass is 349 g/mol. The van der Waals surface area contributed by atoms with Gasteiger partial charge in [-0.15, -0.1) is 0 Å². The summed E-state index contributed by atoms with van der Waals surface area (Å²) in [6.45, 7) is -0.247. The summed E-state index contributed by atoms with van der Waals surface area (Å²) in [5.41, 5.74) is 0.919. The number of nitrogens with zero attached hydrogens (tertiary/aromatic N) is 1. The van der Waals surface area contributed by atoms with E-state index < -0.39 is 17.7 Å². The maximum atomic E-state index is 13.6. The Hall–Kier alpha value is -2.47. The van der Waals surface area contributed by atoms with Gasteiger partial charge in [0.2, 0.25) is 5.91 Å². The molecule has 0 spiro atoms. The molecule has 0 aliphatic rings. The zero-order valence-electron chi connectivity index (χ0n) is 14.2. The van der Waals surface area contributed by atoms with Crippen LogP contribution in [0.2, 0.25) is 0 Å². The molecule has 2 rings (SSSR count). The number of aryl methyl sites for hydroxylation is 1. The fourth-order valence-electron chi connectivity index (χ4n) is 2.60. The third kappa shape index (κ3) is 4.76. The normalized spacial score (nSPS) is 11.9. The van der Waals surface area contributed by atoms with E-state index in [1.165, 1.54) is 4.90 Å². The number of likely N-dealkylation sites (N-methyl/N-ethyl adjacent to an activating group) is 1. The molecule has 0 radical (unpaired) electrons. The summed E-state index contributed by atoms with van der Waals surface area (Å²) in [5, 5.41) is 9.66. The Kier molecular flexibility index (Phi) is 6.47. The Labute approximate surface area is 145 Å². The van der Waals surface area contributed by atoms with Crippen LogP contribution in [-0.4, -0.2) is 36.7 Å². The van der Waals surface area contributed by atoms with Crippen molar-refractivity contribution in [1.82, 2.24) is 4.90 Å². The van der Waals surface area contributed by atoms with Gasteiger partial charge in [-0.2, -0.15) is 0 Å². The van der Waals surface area contributed by atoms with Crippen molar-refractivity contribution in [3.8, 4) is 5.75 Å². The standard InChI is InChI=1S/C19H21F2NO3/c1-22(18(12-23)13-3-7-16(25-2)8-4-13)19(24)10-5-14-11-15(20)6-9-17(14)21/h3-4,6-9,11,18,23H,5,10,12H2,1-2H3. The van der Waals surface area contributed by atoms with Crippen LogP contribution in [0.3, 0.4) is 0 Å². The van der Waals surface area contributed by atoms with Gasteiger partial charge in [0.15, 0.2) is 0 Å². The van der Waals surface area contributed by atoms with E-state index in [4.69, 9.17) is 4.74 Å². The van der Waals surface area contributed by atoms with E-state index >= 15 is 0 Å². The van der Waals surface area contributed by atoms with E-state index in [1.54, 1.807) is 38.4 Å². The van der Waals surface area contributed by atoms with Crippen molar-refractivity contribution < 1.29 is 23.4 Å². The summed E-state index contributed by atoms with van der Waals surface area (Å²) in [7, 11) is 3.13. The smallest absolute Gasteiger partial charge is 0.223 e. The first-order valence-corrected chi connectivity index (χ1v) is 7.90. The number of halogens is 2. The first-order chi connectivity index (χ1) is 12.0. The van der Waals surface area contributed by atoms with Gasteiger partial charge < -0.3 is 14.7 Å². The van der Waals surface area contributed by atoms with Gasteiger partial charge in [-0.3, -0.25) is 4.79 Å². The highest BCUT2D eigenvalue weighted by molar-refractivity contribution is 5.76. The average Bonchev–Trinajstić information content (AvgIpc) is 2.63. The maximum absolute atomic E-state index is 13.6. The van der Waals surface area contributed by atoms with Crippen LogP contribution < -0.4 is 4.74 Å². The van der Waals surface area contributed by atoms with Gasteiger partial charge in [0.1, 0.15) is 17.4 Å². The molecule has 0 aliphatic heterocycles. The average molecular weight is 349 g/mol. The van der Waals surface area contributed by atoms with E-state index in [0.717, 1.165) is 23.8 Å². The fraction of sp³-hybridized carbons (Fsp3) is 0.316. The summed E-state index contributed by atoms with van der Waals surface area (Å²) in [5.74, 6) is -0.663. The zero-order chi connectivity index (χ0) is 18.4. The van der Waals surface area contributed by atoms with Gasteiger partial charge in [-0.1, -0.05) is 12.1 Å². The summed E-state index contributed by atoms with van der Waals surface area (Å²) >= 11 is 0. The number of benzene rings is 2. The molecule has 0 heterocycles. The largest absolute Gasteiger partial charge is 0.497 e. The topological polar surface area (TPSA) is 49.8 Å². The Morgan fingerprint density at radius 1 is 1.20 bits per heavy atom. The second kappa shape index (κ2) is 8.58. The van der Waals surface area contributed by atoms with E-state index in [1.807, 2.05) is 0 Å². The van der Waals surface area contributed by atoms with Crippen LogP contribution in [0, 0.1) is 11.6 Å². The number of carbonyl (C=O) groups excluding carboxylic acids is 1. The minimum atomic E-state index is -0.538. The molecule has 0 bridgehead atoms. The second-order valence-corrected chi connectivity index (χ2v) is 5.71. The molecule has 134 valence electrons. The Morgan fingerprint density at radius 2 is 1.88 bits per heavy atom. The highest BCUT2D eigenvalue weighted by Gasteiger charge is 2.21. The van der Waals surface area contributed by atoms with Crippen molar-refractivity contribution >= 4 is 5.91 Å². The van der Waals surface area contributed by atoms with Gasteiger partial charge >= 0.3 is 0 Å². The number of carbonyl (C=O) groups is 1. The number of hydrogen-bond acceptors (Lipinski definition) is 3. The van der Waals surface area contributed by atoms with Crippen LogP contribution in [0.5, 0.6) is 5.75 Å². The molecule has 0 aromatic heterocycles. The lowest BCUT2D eigenvalue weighted by Crippen LogP contribution is -2.33. The number of aliphatic hydroxyl groups is 1. The lowest BCUT2D eigenvalue weighted by Gasteiger charge is -2.27. The SMILES string of the molecule is COc1ccc(C(CO)N(C)C(=O)CCc2cc(F)ccc2F)cc1. The summed E-state index contributed by atoms with van der Waals surface area (Å²) in [6.07, 6.45) is 0.108. The quantitative estimate of drug-likeness (QED) is 0.836. The second-order valence-electron chi connectivity index (χ2n) is 5.71. The van der Waals surface area contributed by atoms with Crippen molar-refractivity contribution in [2.24, 2.45) is 0 Å². The molecule has 1 N–H and O–H groups in total. The lowest BCUT2D eigenvalue weighted by molar-refractivity contribution is -0.132. The van der Waals surface area contributed by atoms with Crippen molar-refractivity contribution in [2.75, 3.05) is 20.8 Å². The third-order valence-electron chi connectivity index (χ3n) is 4.15. The molecule has 1 unspecified atom stereocenters. The van der Waals surface area contributed by atoms with E-state index in [-0.39, 0.29) is 30.9 Å². The zero-order valence-corrected chi connectivity index (χ0v) is 14.2. The molecule has 2 aromatic carbocycles. The fourth-order valence-corrected chi connectivity index (χ4v) is 2.60. The predicted octanol–water partition coefficient (Wildman–Crippen LogP) is 3.10. The highest BCUT2D eigenvalue weighted by Crippen LogP contribution is 2.23. The maximum Gasteiger partial charge on any atom is 0.223 e. The number of ether oxygens (including phenoxy) is 1. The predicted molar refractivity (Wildman–Crippen MR) is 90.3 cm³/mol. The number of rotatable bonds is 7. The van der Waals surface area contributed by atoms with Gasteiger partial charge in [0.05, 0.1) is 19.8 Å². The Bertz CT molecular complexity index is 719. The molecule has 4 nitrogen and oxygen atoms in total. The highest BCUT2D eigenvalue weighted by atomic mass is 19.1. The summed E-state index contributed by atoms with van der Waals surface area (Å²) in [6, 6.07) is 9.71. The van der Waals surface area contributed by atoms with Crippen molar-refractivity contribution in [3.05, 3.63) is 65.2 Å². The van der Waals surface area contributed by atoms with Crippen LogP contribution in [0.25, 0.3) is 0 Å². The molecule has 2 aromatic rings. The van der Waals surface area contributed by atoms with Crippen molar-refractivity contribution in [1.29, 1.82) is 0 Å². The number of methoxy groups -OCH3 is 1. The van der Waals surface area contributed by atoms with Crippen LogP contribution in [0.4, 0.5) is 8.78 Å². The summed E-state index contributed by atoms with van der Waals surface area (Å²) in [4.78, 5) is 13.8. The van der Waals surface area contributed by atoms with E-state index in [2.05, 4.69) is 0 Å². The molecule has 0 saturated carbocycles. The van der Waals surface area contributed by atoms with E-state index in [9.17, 15) is 18.7 Å². The molecule has 0 aliphatic carbocycles. The number of aliphatic hydroxyl groups excluding tert-OH is 1. The van der Waals surface area contributed by atoms with Gasteiger partial charge in [0, 0.05) is 13.5 Å². The molecular weight excluding hydrogens is 328 g/mol. The minimum Gasteiger partial charge on any atom is -0.497 e. The minimum absolute atomic E-state index is 0.0174. The number of amides is 1. The molecule has 0 saturated heterocycles. The van der Waals surface area contributed by atoms with Gasteiger partial charge in [-0.05, 0) is 47.9 Å². The first-order valence-electron chi connectivity index (χ1n) is 7.90. The van der Waals surface area contributed by atoms with Crippen LogP contribution >= 0.6 is 0 Å². The van der Waals surface area contributed by atoms with Crippen LogP contribution in [0.15, 0.2) is 42.5 Å². The Morgan fingerprint density at radius 3 is 2.48 bits per heavy atom. The van der Waals surface area contributed by atoms with Crippen molar-refractivity contribution in [2.45, 2.75) is 18.9 Å². The molecule has 6 heteroatoms. The van der Waals surface area contributed by atoms with Gasteiger partial charge in [-0.25, -0.2) is 8.78 Å². The molecule has 0 fully saturated rings. The molecule has 1 amide bonds. The van der Waals surface area contributed by atoms with Crippen LogP contribution in [0.1, 0.15) is 23.6 Å². The third-order valence-corrected chi connectivity index (χ3v) is 4.15. The molecule has 1 atom stereocenters. The number of hydrogen-bond donors (Lipinski definition) is 1.